The Morgan fingerprint density at radius 3 is 2.36 bits per heavy atom. The van der Waals surface area contributed by atoms with Crippen molar-refractivity contribution in [3.8, 4) is 5.75 Å². The van der Waals surface area contributed by atoms with Gasteiger partial charge in [-0.15, -0.1) is 0 Å². The number of benzene rings is 1. The smallest absolute Gasteiger partial charge is 0.186 e. The lowest BCUT2D eigenvalue weighted by Gasteiger charge is -2.18. The Bertz CT molecular complexity index is 351. The third-order valence-corrected chi connectivity index (χ3v) is 1.85. The van der Waals surface area contributed by atoms with Crippen LogP contribution in [-0.2, 0) is 0 Å². The average Bonchev–Trinajstić information content (AvgIpc) is 2.07. The molecule has 0 heterocycles. The van der Waals surface area contributed by atoms with Crippen molar-refractivity contribution in [1.82, 2.24) is 0 Å². The highest BCUT2D eigenvalue weighted by Crippen LogP contribution is 2.14. The lowest BCUT2D eigenvalue weighted by atomic mass is 10.1. The number of hydrogen-bond donors (Lipinski definition) is 1. The third kappa shape index (κ3) is 2.49. The molecule has 14 heavy (non-hydrogen) atoms. The number of rotatable bonds is 1. The van der Waals surface area contributed by atoms with E-state index in [0.717, 1.165) is 4.74 Å². The molecule has 0 aliphatic carbocycles. The van der Waals surface area contributed by atoms with Crippen LogP contribution in [-0.4, -0.2) is 21.6 Å². The van der Waals surface area contributed by atoms with Gasteiger partial charge in [0.1, 0.15) is 5.75 Å². The number of hydroxylamine groups is 1. The fourth-order valence-corrected chi connectivity index (χ4v) is 0.917. The highest BCUT2D eigenvalue weighted by Gasteiger charge is 2.18. The summed E-state index contributed by atoms with van der Waals surface area (Å²) in [7, 11) is 0. The van der Waals surface area contributed by atoms with Crippen LogP contribution in [0.5, 0.6) is 5.75 Å². The number of hydrogen-bond acceptors (Lipinski definition) is 2. The van der Waals surface area contributed by atoms with E-state index >= 15 is 0 Å². The zero-order chi connectivity index (χ0) is 10.8. The maximum Gasteiger partial charge on any atom is 0.186 e. The molecule has 0 atom stereocenters. The molecule has 0 spiro atoms. The number of aromatic hydroxyl groups is 1. The normalized spacial score (nSPS) is 12.9. The molecule has 1 aromatic rings. The summed E-state index contributed by atoms with van der Waals surface area (Å²) in [5, 5.41) is 21.0. The van der Waals surface area contributed by atoms with Crippen LogP contribution in [0.15, 0.2) is 24.3 Å². The van der Waals surface area contributed by atoms with Crippen LogP contribution in [0.4, 0.5) is 0 Å². The maximum absolute atomic E-state index is 11.5. The van der Waals surface area contributed by atoms with Gasteiger partial charge in [-0.05, 0) is 12.1 Å². The van der Waals surface area contributed by atoms with E-state index in [-0.39, 0.29) is 5.75 Å². The van der Waals surface area contributed by atoms with Crippen molar-refractivity contribution in [2.24, 2.45) is 0 Å². The predicted octanol–water partition coefficient (Wildman–Crippen LogP) is 2.12. The second kappa shape index (κ2) is 3.70. The predicted molar refractivity (Wildman–Crippen MR) is 56.7 cm³/mol. The molecule has 0 aromatic heterocycles. The number of phenolic OH excluding ortho intramolecular Hbond substituents is 1. The van der Waals surface area contributed by atoms with E-state index in [9.17, 15) is 10.3 Å². The molecule has 3 nitrogen and oxygen atoms in total. The van der Waals surface area contributed by atoms with Crippen LogP contribution in [0.3, 0.4) is 0 Å². The van der Waals surface area contributed by atoms with Gasteiger partial charge >= 0.3 is 0 Å². The van der Waals surface area contributed by atoms with E-state index in [0.29, 0.717) is 5.56 Å². The lowest BCUT2D eigenvalue weighted by Crippen LogP contribution is -2.29. The van der Waals surface area contributed by atoms with Gasteiger partial charge in [-0.1, -0.05) is 12.1 Å². The van der Waals surface area contributed by atoms with Gasteiger partial charge in [0.15, 0.2) is 11.8 Å². The van der Waals surface area contributed by atoms with Gasteiger partial charge in [0.05, 0.1) is 5.56 Å². The molecular formula is C11H15NO2. The monoisotopic (exact) mass is 193 g/mol. The van der Waals surface area contributed by atoms with Gasteiger partial charge in [0, 0.05) is 20.8 Å². The standard InChI is InChI=1S/C11H15NO2/c1-11(2,3)12(14)8-9-6-4-5-7-10(9)13/h4-8,13H,1-3H3/b12-8+. The first-order valence-corrected chi connectivity index (χ1v) is 4.50. The van der Waals surface area contributed by atoms with Crippen molar-refractivity contribution >= 4 is 6.21 Å². The molecule has 0 aliphatic heterocycles. The third-order valence-electron chi connectivity index (χ3n) is 1.85. The van der Waals surface area contributed by atoms with E-state index in [2.05, 4.69) is 0 Å². The molecule has 76 valence electrons. The summed E-state index contributed by atoms with van der Waals surface area (Å²) in [4.78, 5) is 0. The molecule has 0 amide bonds. The Balaban J connectivity index is 3.04. The molecule has 0 aliphatic rings. The number of nitrogens with zero attached hydrogens (tertiary/aromatic N) is 1. The number of para-hydroxylation sites is 1. The second-order valence-electron chi connectivity index (χ2n) is 4.18. The average molecular weight is 193 g/mol. The minimum absolute atomic E-state index is 0.123. The SMILES string of the molecule is CC(C)(C)/[N+]([O-])=C\c1ccccc1O. The Hall–Kier alpha value is -1.51. The van der Waals surface area contributed by atoms with Crippen molar-refractivity contribution in [2.75, 3.05) is 0 Å². The maximum atomic E-state index is 11.5. The minimum atomic E-state index is -0.484. The zero-order valence-electron chi connectivity index (χ0n) is 8.69. The molecule has 0 fully saturated rings. The molecule has 1 aromatic carbocycles. The molecule has 0 radical (unpaired) electrons. The molecule has 0 bridgehead atoms. The van der Waals surface area contributed by atoms with Crippen molar-refractivity contribution in [1.29, 1.82) is 0 Å². The molecule has 1 N–H and O–H groups in total. The van der Waals surface area contributed by atoms with Crippen LogP contribution < -0.4 is 0 Å². The number of phenols is 1. The summed E-state index contributed by atoms with van der Waals surface area (Å²) < 4.78 is 0.835. The minimum Gasteiger partial charge on any atom is -0.623 e. The largest absolute Gasteiger partial charge is 0.623 e. The van der Waals surface area contributed by atoms with Crippen molar-refractivity contribution in [3.05, 3.63) is 35.0 Å². The van der Waals surface area contributed by atoms with Crippen LogP contribution in [0, 0.1) is 5.21 Å². The van der Waals surface area contributed by atoms with E-state index in [1.54, 1.807) is 24.3 Å². The summed E-state index contributed by atoms with van der Waals surface area (Å²) in [5.74, 6) is 0.123. The molecular weight excluding hydrogens is 178 g/mol. The molecule has 0 saturated carbocycles. The van der Waals surface area contributed by atoms with Gasteiger partial charge in [0.25, 0.3) is 0 Å². The quantitative estimate of drug-likeness (QED) is 0.321. The van der Waals surface area contributed by atoms with Crippen molar-refractivity contribution in [2.45, 2.75) is 26.3 Å². The van der Waals surface area contributed by atoms with Crippen LogP contribution in [0.25, 0.3) is 0 Å². The highest BCUT2D eigenvalue weighted by atomic mass is 16.5. The summed E-state index contributed by atoms with van der Waals surface area (Å²) in [6.45, 7) is 5.45. The van der Waals surface area contributed by atoms with E-state index in [1.807, 2.05) is 20.8 Å². The fraction of sp³-hybridized carbons (Fsp3) is 0.364. The summed E-state index contributed by atoms with van der Waals surface area (Å²) in [5.41, 5.74) is 0.0554. The fourth-order valence-electron chi connectivity index (χ4n) is 0.917. The highest BCUT2D eigenvalue weighted by molar-refractivity contribution is 5.79. The van der Waals surface area contributed by atoms with Crippen molar-refractivity contribution < 1.29 is 9.85 Å². The van der Waals surface area contributed by atoms with Crippen molar-refractivity contribution in [3.63, 3.8) is 0 Å². The second-order valence-corrected chi connectivity index (χ2v) is 4.18. The van der Waals surface area contributed by atoms with Gasteiger partial charge in [-0.2, -0.15) is 0 Å². The lowest BCUT2D eigenvalue weighted by molar-refractivity contribution is -0.530. The van der Waals surface area contributed by atoms with Gasteiger partial charge in [-0.3, -0.25) is 0 Å². The first-order chi connectivity index (χ1) is 6.41. The Kier molecular flexibility index (Phi) is 2.79. The van der Waals surface area contributed by atoms with Crippen LogP contribution in [0.1, 0.15) is 26.3 Å². The van der Waals surface area contributed by atoms with Crippen LogP contribution >= 0.6 is 0 Å². The van der Waals surface area contributed by atoms with E-state index in [1.165, 1.54) is 6.21 Å². The molecule has 1 rings (SSSR count). The first-order valence-electron chi connectivity index (χ1n) is 4.50. The Morgan fingerprint density at radius 2 is 1.86 bits per heavy atom. The summed E-state index contributed by atoms with van der Waals surface area (Å²) >= 11 is 0. The van der Waals surface area contributed by atoms with Gasteiger partial charge < -0.3 is 10.3 Å². The molecule has 0 unspecified atom stereocenters. The van der Waals surface area contributed by atoms with E-state index in [4.69, 9.17) is 0 Å². The van der Waals surface area contributed by atoms with Gasteiger partial charge in [0.2, 0.25) is 0 Å². The topological polar surface area (TPSA) is 46.3 Å². The Labute approximate surface area is 83.9 Å². The molecule has 3 heteroatoms. The van der Waals surface area contributed by atoms with E-state index < -0.39 is 5.54 Å². The zero-order valence-corrected chi connectivity index (χ0v) is 8.69. The summed E-state index contributed by atoms with van der Waals surface area (Å²) in [6, 6.07) is 6.76. The molecule has 0 saturated heterocycles. The first kappa shape index (κ1) is 10.6. The van der Waals surface area contributed by atoms with Gasteiger partial charge in [-0.25, -0.2) is 4.74 Å². The summed E-state index contributed by atoms with van der Waals surface area (Å²) in [6.07, 6.45) is 1.40. The Morgan fingerprint density at radius 1 is 1.29 bits per heavy atom. The van der Waals surface area contributed by atoms with Crippen LogP contribution in [0.2, 0.25) is 0 Å².